The Morgan fingerprint density at radius 1 is 1.17 bits per heavy atom. The first-order valence-electron chi connectivity index (χ1n) is 7.15. The van der Waals surface area contributed by atoms with Gasteiger partial charge in [-0.15, -0.1) is 0 Å². The highest BCUT2D eigenvalue weighted by atomic mass is 16.5. The van der Waals surface area contributed by atoms with Gasteiger partial charge in [0.25, 0.3) is 0 Å². The van der Waals surface area contributed by atoms with Crippen molar-refractivity contribution in [1.29, 1.82) is 0 Å². The fourth-order valence-electron chi connectivity index (χ4n) is 2.01. The summed E-state index contributed by atoms with van der Waals surface area (Å²) in [7, 11) is 2.05. The molecule has 0 fully saturated rings. The number of rotatable bonds is 10. The van der Waals surface area contributed by atoms with Crippen molar-refractivity contribution in [3.05, 3.63) is 0 Å². The lowest BCUT2D eigenvalue weighted by Crippen LogP contribution is -2.41. The van der Waals surface area contributed by atoms with Crippen molar-refractivity contribution in [1.82, 2.24) is 9.80 Å². The van der Waals surface area contributed by atoms with Crippen LogP contribution in [0.5, 0.6) is 0 Å². The van der Waals surface area contributed by atoms with E-state index in [1.54, 1.807) is 0 Å². The minimum absolute atomic E-state index is 0.108. The van der Waals surface area contributed by atoms with Crippen LogP contribution in [0.1, 0.15) is 34.1 Å². The van der Waals surface area contributed by atoms with Crippen LogP contribution in [0, 0.1) is 5.92 Å². The number of hydrogen-bond acceptors (Lipinski definition) is 3. The van der Waals surface area contributed by atoms with Crippen LogP contribution in [0.2, 0.25) is 0 Å². The first-order chi connectivity index (χ1) is 8.60. The van der Waals surface area contributed by atoms with Gasteiger partial charge >= 0.3 is 0 Å². The molecule has 0 radical (unpaired) electrons. The summed E-state index contributed by atoms with van der Waals surface area (Å²) in [6.45, 7) is 12.9. The molecule has 0 rings (SSSR count). The zero-order valence-electron chi connectivity index (χ0n) is 12.7. The number of carbonyl (C=O) groups excluding carboxylic acids is 1. The SMILES string of the molecule is CCOCCN(C)CC(CC)C(=O)N(CC)CC. The van der Waals surface area contributed by atoms with Gasteiger partial charge in [0.05, 0.1) is 12.5 Å². The summed E-state index contributed by atoms with van der Waals surface area (Å²) in [5, 5.41) is 0. The number of ether oxygens (including phenoxy) is 1. The molecule has 0 aromatic rings. The number of nitrogens with zero attached hydrogens (tertiary/aromatic N) is 2. The zero-order chi connectivity index (χ0) is 14.0. The molecule has 4 nitrogen and oxygen atoms in total. The molecule has 0 spiro atoms. The summed E-state index contributed by atoms with van der Waals surface area (Å²) in [5.74, 6) is 0.391. The van der Waals surface area contributed by atoms with Gasteiger partial charge in [0.1, 0.15) is 0 Å². The van der Waals surface area contributed by atoms with E-state index in [4.69, 9.17) is 4.74 Å². The molecule has 0 aromatic heterocycles. The molecule has 0 saturated heterocycles. The Labute approximate surface area is 112 Å². The summed E-state index contributed by atoms with van der Waals surface area (Å²) < 4.78 is 5.33. The Balaban J connectivity index is 4.19. The lowest BCUT2D eigenvalue weighted by atomic mass is 10.0. The van der Waals surface area contributed by atoms with Crippen LogP contribution in [0.15, 0.2) is 0 Å². The zero-order valence-corrected chi connectivity index (χ0v) is 12.7. The van der Waals surface area contributed by atoms with Gasteiger partial charge in [-0.05, 0) is 34.2 Å². The lowest BCUT2D eigenvalue weighted by molar-refractivity contribution is -0.135. The molecule has 0 aliphatic rings. The van der Waals surface area contributed by atoms with Crippen molar-refractivity contribution >= 4 is 5.91 Å². The molecule has 0 saturated carbocycles. The van der Waals surface area contributed by atoms with E-state index in [1.165, 1.54) is 0 Å². The Hall–Kier alpha value is -0.610. The first kappa shape index (κ1) is 17.4. The second-order valence-electron chi connectivity index (χ2n) is 4.57. The van der Waals surface area contributed by atoms with E-state index in [2.05, 4.69) is 18.9 Å². The van der Waals surface area contributed by atoms with Crippen LogP contribution < -0.4 is 0 Å². The van der Waals surface area contributed by atoms with E-state index < -0.39 is 0 Å². The van der Waals surface area contributed by atoms with Crippen molar-refractivity contribution in [2.24, 2.45) is 5.92 Å². The molecule has 0 aromatic carbocycles. The van der Waals surface area contributed by atoms with Gasteiger partial charge in [0.2, 0.25) is 5.91 Å². The average Bonchev–Trinajstić information content (AvgIpc) is 2.37. The molecule has 0 heterocycles. The predicted molar refractivity (Wildman–Crippen MR) is 75.7 cm³/mol. The summed E-state index contributed by atoms with van der Waals surface area (Å²) in [6.07, 6.45) is 0.897. The highest BCUT2D eigenvalue weighted by Crippen LogP contribution is 2.09. The first-order valence-corrected chi connectivity index (χ1v) is 7.15. The van der Waals surface area contributed by atoms with Gasteiger partial charge < -0.3 is 14.5 Å². The summed E-state index contributed by atoms with van der Waals surface area (Å²) in [4.78, 5) is 16.4. The van der Waals surface area contributed by atoms with Crippen molar-refractivity contribution in [2.45, 2.75) is 34.1 Å². The van der Waals surface area contributed by atoms with E-state index in [0.29, 0.717) is 0 Å². The van der Waals surface area contributed by atoms with Crippen molar-refractivity contribution in [3.63, 3.8) is 0 Å². The van der Waals surface area contributed by atoms with Crippen LogP contribution in [-0.4, -0.2) is 62.1 Å². The van der Waals surface area contributed by atoms with E-state index in [1.807, 2.05) is 25.7 Å². The smallest absolute Gasteiger partial charge is 0.226 e. The standard InChI is InChI=1S/C14H30N2O2/c1-6-13(14(17)16(7-2)8-3)12-15(5)10-11-18-9-4/h13H,6-12H2,1-5H3. The minimum atomic E-state index is 0.108. The third-order valence-electron chi connectivity index (χ3n) is 3.27. The molecule has 0 bridgehead atoms. The molecule has 0 aliphatic heterocycles. The van der Waals surface area contributed by atoms with E-state index in [-0.39, 0.29) is 11.8 Å². The maximum absolute atomic E-state index is 12.3. The molecule has 1 unspecified atom stereocenters. The Bertz CT molecular complexity index is 218. The van der Waals surface area contributed by atoms with Crippen molar-refractivity contribution in [2.75, 3.05) is 46.4 Å². The summed E-state index contributed by atoms with van der Waals surface area (Å²) in [5.41, 5.74) is 0. The molecular formula is C14H30N2O2. The molecule has 0 N–H and O–H groups in total. The van der Waals surface area contributed by atoms with Crippen molar-refractivity contribution in [3.8, 4) is 0 Å². The minimum Gasteiger partial charge on any atom is -0.380 e. The van der Waals surface area contributed by atoms with Gasteiger partial charge in [-0.1, -0.05) is 6.92 Å². The quantitative estimate of drug-likeness (QED) is 0.561. The largest absolute Gasteiger partial charge is 0.380 e. The molecule has 18 heavy (non-hydrogen) atoms. The third-order valence-corrected chi connectivity index (χ3v) is 3.27. The maximum atomic E-state index is 12.3. The summed E-state index contributed by atoms with van der Waals surface area (Å²) >= 11 is 0. The van der Waals surface area contributed by atoms with Crippen LogP contribution in [-0.2, 0) is 9.53 Å². The predicted octanol–water partition coefficient (Wildman–Crippen LogP) is 1.85. The Morgan fingerprint density at radius 3 is 2.22 bits per heavy atom. The van der Waals surface area contributed by atoms with Gasteiger partial charge in [-0.3, -0.25) is 4.79 Å². The number of amides is 1. The van der Waals surface area contributed by atoms with Gasteiger partial charge in [0.15, 0.2) is 0 Å². The number of likely N-dealkylation sites (N-methyl/N-ethyl adjacent to an activating group) is 1. The topological polar surface area (TPSA) is 32.8 Å². The van der Waals surface area contributed by atoms with Crippen molar-refractivity contribution < 1.29 is 9.53 Å². The third kappa shape index (κ3) is 6.36. The maximum Gasteiger partial charge on any atom is 0.226 e. The number of hydrogen-bond donors (Lipinski definition) is 0. The molecule has 4 heteroatoms. The van der Waals surface area contributed by atoms with Crippen LogP contribution in [0.4, 0.5) is 0 Å². The van der Waals surface area contributed by atoms with Gasteiger partial charge in [0, 0.05) is 32.8 Å². The average molecular weight is 258 g/mol. The van der Waals surface area contributed by atoms with Crippen LogP contribution >= 0.6 is 0 Å². The Kier molecular flexibility index (Phi) is 9.98. The monoisotopic (exact) mass is 258 g/mol. The highest BCUT2D eigenvalue weighted by Gasteiger charge is 2.22. The highest BCUT2D eigenvalue weighted by molar-refractivity contribution is 5.79. The molecular weight excluding hydrogens is 228 g/mol. The molecule has 108 valence electrons. The second-order valence-corrected chi connectivity index (χ2v) is 4.57. The molecule has 0 aliphatic carbocycles. The fourth-order valence-corrected chi connectivity index (χ4v) is 2.01. The van der Waals surface area contributed by atoms with Crippen LogP contribution in [0.3, 0.4) is 0 Å². The summed E-state index contributed by atoms with van der Waals surface area (Å²) in [6, 6.07) is 0. The van der Waals surface area contributed by atoms with E-state index >= 15 is 0 Å². The van der Waals surface area contributed by atoms with E-state index in [0.717, 1.165) is 45.8 Å². The van der Waals surface area contributed by atoms with E-state index in [9.17, 15) is 4.79 Å². The molecule has 1 atom stereocenters. The van der Waals surface area contributed by atoms with Crippen LogP contribution in [0.25, 0.3) is 0 Å². The molecule has 1 amide bonds. The Morgan fingerprint density at radius 2 is 1.78 bits per heavy atom. The van der Waals surface area contributed by atoms with Gasteiger partial charge in [-0.2, -0.15) is 0 Å². The second kappa shape index (κ2) is 10.3. The number of carbonyl (C=O) groups is 1. The van der Waals surface area contributed by atoms with Gasteiger partial charge in [-0.25, -0.2) is 0 Å². The lowest BCUT2D eigenvalue weighted by Gasteiger charge is -2.27. The fraction of sp³-hybridized carbons (Fsp3) is 0.929. The normalized spacial score (nSPS) is 12.8.